The molecule has 0 aliphatic carbocycles. The molecular formula is C44H81NO3. The van der Waals surface area contributed by atoms with Gasteiger partial charge in [0.15, 0.2) is 0 Å². The molecule has 0 rings (SSSR count). The summed E-state index contributed by atoms with van der Waals surface area (Å²) in [5, 5.41) is 22.9. The van der Waals surface area contributed by atoms with Crippen LogP contribution in [0.4, 0.5) is 0 Å². The zero-order valence-electron chi connectivity index (χ0n) is 32.0. The molecule has 0 radical (unpaired) electrons. The van der Waals surface area contributed by atoms with Crippen molar-refractivity contribution in [1.82, 2.24) is 5.32 Å². The van der Waals surface area contributed by atoms with Gasteiger partial charge in [-0.05, 0) is 70.6 Å². The number of unbranched alkanes of at least 4 members (excludes halogenated alkanes) is 24. The summed E-state index contributed by atoms with van der Waals surface area (Å²) in [6, 6.07) is -0.649. The normalized spacial score (nSPS) is 13.5. The quantitative estimate of drug-likeness (QED) is 0.0455. The summed E-state index contributed by atoms with van der Waals surface area (Å²) >= 11 is 0. The van der Waals surface area contributed by atoms with E-state index in [2.05, 4.69) is 55.6 Å². The standard InChI is InChI=1S/C44H81NO3/c1-3-5-7-9-11-13-15-17-19-21-22-23-24-25-27-29-31-33-35-37-39-43(47)42(41-46)45-44(48)40-38-36-34-32-30-28-26-20-18-16-14-12-10-8-6-4-2/h20,23-24,26,29,31,37,39,42-43,46-47H,3-19,21-22,25,27-28,30,32-36,38,40-41H2,1-2H3,(H,45,48)/b24-23+,26-20-,31-29+,39-37+. The maximum absolute atomic E-state index is 12.3. The monoisotopic (exact) mass is 672 g/mol. The predicted octanol–water partition coefficient (Wildman–Crippen LogP) is 12.8. The van der Waals surface area contributed by atoms with Crippen LogP contribution >= 0.6 is 0 Å². The topological polar surface area (TPSA) is 69.6 Å². The highest BCUT2D eigenvalue weighted by molar-refractivity contribution is 5.76. The van der Waals surface area contributed by atoms with Crippen molar-refractivity contribution < 1.29 is 15.0 Å². The largest absolute Gasteiger partial charge is 0.394 e. The van der Waals surface area contributed by atoms with E-state index < -0.39 is 12.1 Å². The maximum Gasteiger partial charge on any atom is 0.220 e. The zero-order valence-corrected chi connectivity index (χ0v) is 32.0. The fraction of sp³-hybridized carbons (Fsp3) is 0.795. The van der Waals surface area contributed by atoms with Gasteiger partial charge in [0.1, 0.15) is 0 Å². The van der Waals surface area contributed by atoms with Gasteiger partial charge in [-0.15, -0.1) is 0 Å². The molecule has 4 heteroatoms. The number of rotatable bonds is 37. The van der Waals surface area contributed by atoms with Crippen molar-refractivity contribution in [3.63, 3.8) is 0 Å². The lowest BCUT2D eigenvalue weighted by Gasteiger charge is -2.19. The van der Waals surface area contributed by atoms with Crippen LogP contribution in [-0.2, 0) is 4.79 Å². The summed E-state index contributed by atoms with van der Waals surface area (Å²) < 4.78 is 0. The van der Waals surface area contributed by atoms with Crippen LogP contribution in [0.5, 0.6) is 0 Å². The van der Waals surface area contributed by atoms with Gasteiger partial charge in [-0.3, -0.25) is 4.79 Å². The number of carbonyl (C=O) groups excluding carboxylic acids is 1. The average molecular weight is 672 g/mol. The van der Waals surface area contributed by atoms with E-state index in [1.54, 1.807) is 6.08 Å². The summed E-state index contributed by atoms with van der Waals surface area (Å²) in [7, 11) is 0. The molecule has 0 aliphatic rings. The number of allylic oxidation sites excluding steroid dienone is 7. The molecule has 4 nitrogen and oxygen atoms in total. The Morgan fingerprint density at radius 1 is 0.479 bits per heavy atom. The second-order valence-corrected chi connectivity index (χ2v) is 14.0. The summed E-state index contributed by atoms with van der Waals surface area (Å²) in [4.78, 5) is 12.3. The summed E-state index contributed by atoms with van der Waals surface area (Å²) in [5.41, 5.74) is 0. The average Bonchev–Trinajstić information content (AvgIpc) is 3.09. The van der Waals surface area contributed by atoms with Gasteiger partial charge in [-0.25, -0.2) is 0 Å². The minimum absolute atomic E-state index is 0.0877. The molecule has 0 saturated carbocycles. The third-order valence-electron chi connectivity index (χ3n) is 9.26. The van der Waals surface area contributed by atoms with Crippen LogP contribution in [-0.4, -0.2) is 34.9 Å². The molecule has 2 atom stereocenters. The van der Waals surface area contributed by atoms with E-state index >= 15 is 0 Å². The van der Waals surface area contributed by atoms with Gasteiger partial charge in [-0.1, -0.05) is 178 Å². The first-order valence-electron chi connectivity index (χ1n) is 20.9. The van der Waals surface area contributed by atoms with Gasteiger partial charge in [0, 0.05) is 6.42 Å². The maximum atomic E-state index is 12.3. The molecule has 0 spiro atoms. The number of hydrogen-bond donors (Lipinski definition) is 3. The van der Waals surface area contributed by atoms with Gasteiger partial charge in [0.05, 0.1) is 18.8 Å². The first-order chi connectivity index (χ1) is 23.7. The van der Waals surface area contributed by atoms with E-state index in [1.807, 2.05) is 6.08 Å². The highest BCUT2D eigenvalue weighted by Crippen LogP contribution is 2.13. The molecule has 280 valence electrons. The molecule has 48 heavy (non-hydrogen) atoms. The molecule has 0 saturated heterocycles. The van der Waals surface area contributed by atoms with Crippen molar-refractivity contribution >= 4 is 5.91 Å². The summed E-state index contributed by atoms with van der Waals surface area (Å²) in [6.45, 7) is 4.28. The first kappa shape index (κ1) is 46.4. The third kappa shape index (κ3) is 35.7. The molecule has 0 aliphatic heterocycles. The Balaban J connectivity index is 3.69. The molecule has 0 aromatic carbocycles. The second-order valence-electron chi connectivity index (χ2n) is 14.0. The van der Waals surface area contributed by atoms with Gasteiger partial charge in [0.2, 0.25) is 5.91 Å². The number of aliphatic hydroxyl groups excluding tert-OH is 2. The Morgan fingerprint density at radius 2 is 0.812 bits per heavy atom. The SMILES string of the molecule is CCCCCCCCC/C=C\CCCCCCCC(=O)NC(CO)C(O)/C=C/CC/C=C/CC/C=C/CCCCCCCCCCCC. The van der Waals surface area contributed by atoms with E-state index in [0.717, 1.165) is 51.4 Å². The van der Waals surface area contributed by atoms with Crippen molar-refractivity contribution in [2.75, 3.05) is 6.61 Å². The molecule has 0 aromatic rings. The van der Waals surface area contributed by atoms with Gasteiger partial charge in [0.25, 0.3) is 0 Å². The molecule has 0 bridgehead atoms. The number of nitrogens with one attached hydrogen (secondary N) is 1. The Labute approximate surface area is 299 Å². The molecule has 0 aromatic heterocycles. The Kier molecular flexibility index (Phi) is 38.4. The number of hydrogen-bond acceptors (Lipinski definition) is 3. The minimum Gasteiger partial charge on any atom is -0.394 e. The fourth-order valence-corrected chi connectivity index (χ4v) is 6.03. The van der Waals surface area contributed by atoms with Crippen LogP contribution in [0.15, 0.2) is 48.6 Å². The van der Waals surface area contributed by atoms with Crippen molar-refractivity contribution in [2.24, 2.45) is 0 Å². The van der Waals surface area contributed by atoms with E-state index in [0.29, 0.717) is 6.42 Å². The van der Waals surface area contributed by atoms with Crippen LogP contribution < -0.4 is 5.32 Å². The highest BCUT2D eigenvalue weighted by atomic mass is 16.3. The van der Waals surface area contributed by atoms with Crippen molar-refractivity contribution in [3.05, 3.63) is 48.6 Å². The molecule has 2 unspecified atom stereocenters. The van der Waals surface area contributed by atoms with E-state index in [-0.39, 0.29) is 12.5 Å². The van der Waals surface area contributed by atoms with Crippen LogP contribution in [0, 0.1) is 0 Å². The predicted molar refractivity (Wildman–Crippen MR) is 211 cm³/mol. The van der Waals surface area contributed by atoms with Crippen LogP contribution in [0.3, 0.4) is 0 Å². The van der Waals surface area contributed by atoms with Gasteiger partial charge < -0.3 is 15.5 Å². The highest BCUT2D eigenvalue weighted by Gasteiger charge is 2.17. The van der Waals surface area contributed by atoms with Crippen LogP contribution in [0.1, 0.15) is 206 Å². The summed E-state index contributed by atoms with van der Waals surface area (Å²) in [6.07, 6.45) is 53.5. The minimum atomic E-state index is -0.873. The van der Waals surface area contributed by atoms with Crippen molar-refractivity contribution in [1.29, 1.82) is 0 Å². The van der Waals surface area contributed by atoms with Crippen LogP contribution in [0.25, 0.3) is 0 Å². The van der Waals surface area contributed by atoms with Gasteiger partial charge in [-0.2, -0.15) is 0 Å². The fourth-order valence-electron chi connectivity index (χ4n) is 6.03. The van der Waals surface area contributed by atoms with E-state index in [1.165, 1.54) is 135 Å². The molecule has 0 heterocycles. The molecule has 0 fully saturated rings. The summed E-state index contributed by atoms with van der Waals surface area (Å²) in [5.74, 6) is -0.0877. The lowest BCUT2D eigenvalue weighted by Crippen LogP contribution is -2.45. The third-order valence-corrected chi connectivity index (χ3v) is 9.26. The Hall–Kier alpha value is -1.65. The zero-order chi connectivity index (χ0) is 35.0. The Bertz CT molecular complexity index is 771. The van der Waals surface area contributed by atoms with E-state index in [9.17, 15) is 15.0 Å². The number of amides is 1. The molecule has 1 amide bonds. The molecule has 3 N–H and O–H groups in total. The van der Waals surface area contributed by atoms with Crippen molar-refractivity contribution in [2.45, 2.75) is 219 Å². The Morgan fingerprint density at radius 3 is 1.21 bits per heavy atom. The van der Waals surface area contributed by atoms with E-state index in [4.69, 9.17) is 0 Å². The first-order valence-corrected chi connectivity index (χ1v) is 20.9. The second kappa shape index (κ2) is 39.8. The number of aliphatic hydroxyl groups is 2. The lowest BCUT2D eigenvalue weighted by atomic mass is 10.1. The molecular weight excluding hydrogens is 590 g/mol. The smallest absolute Gasteiger partial charge is 0.220 e. The van der Waals surface area contributed by atoms with Crippen molar-refractivity contribution in [3.8, 4) is 0 Å². The van der Waals surface area contributed by atoms with Gasteiger partial charge >= 0.3 is 0 Å². The lowest BCUT2D eigenvalue weighted by molar-refractivity contribution is -0.123. The number of carbonyl (C=O) groups is 1. The van der Waals surface area contributed by atoms with Crippen LogP contribution in [0.2, 0.25) is 0 Å².